The molecule has 1 saturated carbocycles. The summed E-state index contributed by atoms with van der Waals surface area (Å²) >= 11 is 1.61. The van der Waals surface area contributed by atoms with Gasteiger partial charge in [0.1, 0.15) is 4.67 Å². The van der Waals surface area contributed by atoms with Gasteiger partial charge in [0.25, 0.3) is 5.91 Å². The van der Waals surface area contributed by atoms with Crippen molar-refractivity contribution in [3.63, 3.8) is 0 Å². The Hall–Kier alpha value is -1.43. The van der Waals surface area contributed by atoms with Crippen LogP contribution >= 0.6 is 11.5 Å². The normalized spacial score (nSPS) is 27.1. The SMILES string of the molecule is CCCCc1cn(C(C)(C)C)s/c1=N\C(=O)[C@]1(C)CC[C@H](C2=NCCCO2)C1(C)C. The first-order chi connectivity index (χ1) is 14.0. The summed E-state index contributed by atoms with van der Waals surface area (Å²) in [5.41, 5.74) is 0.422. The summed E-state index contributed by atoms with van der Waals surface area (Å²) in [6.45, 7) is 16.8. The van der Waals surface area contributed by atoms with Crippen LogP contribution in [-0.2, 0) is 21.5 Å². The zero-order valence-electron chi connectivity index (χ0n) is 19.9. The Balaban J connectivity index is 1.95. The van der Waals surface area contributed by atoms with Crippen molar-refractivity contribution < 1.29 is 9.53 Å². The number of aryl methyl sites for hydroxylation is 1. The van der Waals surface area contributed by atoms with E-state index in [1.807, 2.05) is 0 Å². The largest absolute Gasteiger partial charge is 0.481 e. The van der Waals surface area contributed by atoms with E-state index in [1.54, 1.807) is 11.5 Å². The second-order valence-corrected chi connectivity index (χ2v) is 11.6. The Labute approximate surface area is 185 Å². The molecule has 1 aromatic heterocycles. The summed E-state index contributed by atoms with van der Waals surface area (Å²) in [5.74, 6) is 1.05. The lowest BCUT2D eigenvalue weighted by Gasteiger charge is -2.39. The summed E-state index contributed by atoms with van der Waals surface area (Å²) in [7, 11) is 0. The van der Waals surface area contributed by atoms with Crippen molar-refractivity contribution in [3.8, 4) is 0 Å². The number of hydrogen-bond donors (Lipinski definition) is 0. The first-order valence-corrected chi connectivity index (χ1v) is 12.3. The van der Waals surface area contributed by atoms with Crippen molar-refractivity contribution in [3.05, 3.63) is 16.4 Å². The van der Waals surface area contributed by atoms with Gasteiger partial charge in [0.05, 0.1) is 12.0 Å². The molecule has 2 atom stereocenters. The van der Waals surface area contributed by atoms with Crippen LogP contribution in [0, 0.1) is 16.7 Å². The third kappa shape index (κ3) is 4.30. The molecule has 0 spiro atoms. The fraction of sp³-hybridized carbons (Fsp3) is 0.792. The quantitative estimate of drug-likeness (QED) is 0.630. The van der Waals surface area contributed by atoms with Gasteiger partial charge in [-0.1, -0.05) is 34.1 Å². The van der Waals surface area contributed by atoms with Crippen molar-refractivity contribution in [2.45, 2.75) is 92.5 Å². The van der Waals surface area contributed by atoms with Gasteiger partial charge in [-0.3, -0.25) is 13.7 Å². The first kappa shape index (κ1) is 23.2. The highest BCUT2D eigenvalue weighted by Crippen LogP contribution is 2.57. The number of carbonyl (C=O) groups is 1. The topological polar surface area (TPSA) is 56.0 Å². The maximum Gasteiger partial charge on any atom is 0.253 e. The highest BCUT2D eigenvalue weighted by Gasteiger charge is 2.58. The molecule has 1 fully saturated rings. The third-order valence-corrected chi connectivity index (χ3v) is 8.59. The summed E-state index contributed by atoms with van der Waals surface area (Å²) < 4.78 is 9.02. The van der Waals surface area contributed by atoms with Crippen molar-refractivity contribution in [1.82, 2.24) is 3.96 Å². The van der Waals surface area contributed by atoms with Gasteiger partial charge >= 0.3 is 0 Å². The highest BCUT2D eigenvalue weighted by molar-refractivity contribution is 7.04. The zero-order valence-corrected chi connectivity index (χ0v) is 20.7. The lowest BCUT2D eigenvalue weighted by molar-refractivity contribution is -0.132. The molecule has 30 heavy (non-hydrogen) atoms. The maximum absolute atomic E-state index is 13.6. The van der Waals surface area contributed by atoms with Gasteiger partial charge in [-0.15, -0.1) is 0 Å². The van der Waals surface area contributed by atoms with E-state index < -0.39 is 5.41 Å². The summed E-state index contributed by atoms with van der Waals surface area (Å²) in [4.78, 5) is 23.0. The van der Waals surface area contributed by atoms with E-state index in [-0.39, 0.29) is 22.8 Å². The molecule has 2 heterocycles. The van der Waals surface area contributed by atoms with Crippen LogP contribution in [0.4, 0.5) is 0 Å². The first-order valence-electron chi connectivity index (χ1n) is 11.5. The fourth-order valence-corrected chi connectivity index (χ4v) is 5.59. The lowest BCUT2D eigenvalue weighted by atomic mass is 9.65. The molecule has 2 aliphatic rings. The number of aliphatic imine (C=N–C) groups is 1. The molecule has 0 saturated heterocycles. The minimum atomic E-state index is -0.514. The van der Waals surface area contributed by atoms with Gasteiger partial charge in [-0.05, 0) is 63.4 Å². The van der Waals surface area contributed by atoms with Crippen LogP contribution < -0.4 is 4.67 Å². The smallest absolute Gasteiger partial charge is 0.253 e. The highest BCUT2D eigenvalue weighted by atomic mass is 32.1. The number of unbranched alkanes of at least 4 members (excludes halogenated alkanes) is 1. The molecule has 1 aromatic rings. The molecule has 5 nitrogen and oxygen atoms in total. The van der Waals surface area contributed by atoms with Crippen molar-refractivity contribution in [2.75, 3.05) is 13.2 Å². The standard InChI is InChI=1S/C24H39N3O2S/c1-8-9-11-17-16-27(22(2,3)4)30-20(17)26-21(28)24(7)13-12-18(23(24,5)6)19-25-14-10-15-29-19/h16,18H,8-15H2,1-7H3/b26-20-/t18-,24+/m1/s1. The maximum atomic E-state index is 13.6. The molecule has 6 heteroatoms. The number of nitrogens with zero attached hydrogens (tertiary/aromatic N) is 3. The molecule has 168 valence electrons. The number of rotatable bonds is 5. The number of ether oxygens (including phenoxy) is 1. The summed E-state index contributed by atoms with van der Waals surface area (Å²) in [5, 5.41) is 0. The molecule has 0 unspecified atom stereocenters. The van der Waals surface area contributed by atoms with Crippen LogP contribution in [0.25, 0.3) is 0 Å². The predicted octanol–water partition coefficient (Wildman–Crippen LogP) is 5.34. The van der Waals surface area contributed by atoms with Crippen LogP contribution in [0.1, 0.15) is 86.1 Å². The van der Waals surface area contributed by atoms with Gasteiger partial charge in [-0.2, -0.15) is 0 Å². The van der Waals surface area contributed by atoms with Crippen LogP contribution in [-0.4, -0.2) is 28.9 Å². The minimum absolute atomic E-state index is 0.00654. The molecule has 0 bridgehead atoms. The Kier molecular flexibility index (Phi) is 6.66. The predicted molar refractivity (Wildman–Crippen MR) is 124 cm³/mol. The Morgan fingerprint density at radius 3 is 2.70 bits per heavy atom. The van der Waals surface area contributed by atoms with E-state index in [0.29, 0.717) is 0 Å². The fourth-order valence-electron chi connectivity index (χ4n) is 4.55. The lowest BCUT2D eigenvalue weighted by Crippen LogP contribution is -2.43. The van der Waals surface area contributed by atoms with Gasteiger partial charge in [0.2, 0.25) is 0 Å². The summed E-state index contributed by atoms with van der Waals surface area (Å²) in [6.07, 6.45) is 8.14. The van der Waals surface area contributed by atoms with Gasteiger partial charge in [-0.25, -0.2) is 4.99 Å². The van der Waals surface area contributed by atoms with E-state index in [2.05, 4.69) is 63.6 Å². The van der Waals surface area contributed by atoms with Crippen LogP contribution in [0.5, 0.6) is 0 Å². The van der Waals surface area contributed by atoms with Crippen molar-refractivity contribution >= 4 is 23.3 Å². The number of hydrogen-bond acceptors (Lipinski definition) is 4. The van der Waals surface area contributed by atoms with Gasteiger partial charge in [0.15, 0.2) is 5.90 Å². The van der Waals surface area contributed by atoms with Crippen LogP contribution in [0.2, 0.25) is 0 Å². The monoisotopic (exact) mass is 433 g/mol. The van der Waals surface area contributed by atoms with Crippen LogP contribution in [0.3, 0.4) is 0 Å². The Morgan fingerprint density at radius 1 is 1.37 bits per heavy atom. The average molecular weight is 434 g/mol. The second kappa shape index (κ2) is 8.60. The van der Waals surface area contributed by atoms with Crippen LogP contribution in [0.15, 0.2) is 16.2 Å². The molecular formula is C24H39N3O2S. The van der Waals surface area contributed by atoms with E-state index >= 15 is 0 Å². The van der Waals surface area contributed by atoms with E-state index in [1.165, 1.54) is 5.56 Å². The van der Waals surface area contributed by atoms with E-state index in [4.69, 9.17) is 9.73 Å². The minimum Gasteiger partial charge on any atom is -0.481 e. The molecule has 3 rings (SSSR count). The second-order valence-electron chi connectivity index (χ2n) is 10.6. The van der Waals surface area contributed by atoms with Crippen molar-refractivity contribution in [2.24, 2.45) is 26.7 Å². The Bertz CT molecular complexity index is 872. The van der Waals surface area contributed by atoms with E-state index in [0.717, 1.165) is 62.2 Å². The molecule has 0 radical (unpaired) electrons. The number of aromatic nitrogens is 1. The van der Waals surface area contributed by atoms with Crippen molar-refractivity contribution in [1.29, 1.82) is 0 Å². The summed E-state index contributed by atoms with van der Waals surface area (Å²) in [6, 6.07) is 0. The molecule has 1 aliphatic heterocycles. The Morgan fingerprint density at radius 2 is 2.10 bits per heavy atom. The molecule has 1 amide bonds. The van der Waals surface area contributed by atoms with Gasteiger partial charge < -0.3 is 4.74 Å². The zero-order chi connectivity index (χ0) is 22.2. The number of carbonyl (C=O) groups excluding carboxylic acids is 1. The third-order valence-electron chi connectivity index (χ3n) is 7.21. The average Bonchev–Trinajstić information content (AvgIpc) is 3.20. The van der Waals surface area contributed by atoms with Gasteiger partial charge in [0, 0.05) is 36.2 Å². The molecule has 0 N–H and O–H groups in total. The number of amides is 1. The molecular weight excluding hydrogens is 394 g/mol. The molecule has 0 aromatic carbocycles. The molecule has 1 aliphatic carbocycles. The van der Waals surface area contributed by atoms with E-state index in [9.17, 15) is 4.79 Å².